The predicted octanol–water partition coefficient (Wildman–Crippen LogP) is 4.84. The molecule has 0 saturated carbocycles. The maximum Gasteiger partial charge on any atom is 0.171 e. The van der Waals surface area contributed by atoms with E-state index < -0.39 is 0 Å². The molecule has 0 aliphatic carbocycles. The van der Waals surface area contributed by atoms with Gasteiger partial charge >= 0.3 is 0 Å². The zero-order chi connectivity index (χ0) is 15.4. The van der Waals surface area contributed by atoms with Crippen molar-refractivity contribution >= 4 is 57.8 Å². The van der Waals surface area contributed by atoms with Crippen LogP contribution in [0.3, 0.4) is 0 Å². The van der Waals surface area contributed by atoms with Gasteiger partial charge in [0.1, 0.15) is 5.75 Å². The van der Waals surface area contributed by atoms with Gasteiger partial charge < -0.3 is 15.7 Å². The Balaban J connectivity index is 2.05. The zero-order valence-corrected chi connectivity index (χ0v) is 13.7. The molecule has 2 aromatic carbocycles. The lowest BCUT2D eigenvalue weighted by atomic mass is 10.2. The average molecular weight is 362 g/mol. The molecule has 0 fully saturated rings. The summed E-state index contributed by atoms with van der Waals surface area (Å²) in [7, 11) is 0. The van der Waals surface area contributed by atoms with Crippen molar-refractivity contribution < 1.29 is 5.11 Å². The fourth-order valence-corrected chi connectivity index (χ4v) is 2.57. The Kier molecular flexibility index (Phi) is 5.53. The van der Waals surface area contributed by atoms with E-state index in [1.54, 1.807) is 0 Å². The first-order valence-corrected chi connectivity index (χ1v) is 7.48. The number of para-hydroxylation sites is 1. The highest BCUT2D eigenvalue weighted by molar-refractivity contribution is 7.80. The van der Waals surface area contributed by atoms with Crippen molar-refractivity contribution in [2.24, 2.45) is 0 Å². The second kappa shape index (κ2) is 7.18. The summed E-state index contributed by atoms with van der Waals surface area (Å²) in [6.45, 7) is 0.198. The molecule has 7 heteroatoms. The Hall–Kier alpha value is -1.20. The van der Waals surface area contributed by atoms with Crippen molar-refractivity contribution in [3.8, 4) is 5.75 Å². The highest BCUT2D eigenvalue weighted by atomic mass is 35.5. The molecule has 0 aromatic heterocycles. The minimum Gasteiger partial charge on any atom is -0.506 e. The lowest BCUT2D eigenvalue weighted by Gasteiger charge is -2.14. The van der Waals surface area contributed by atoms with Gasteiger partial charge in [0.25, 0.3) is 0 Å². The van der Waals surface area contributed by atoms with Gasteiger partial charge in [-0.25, -0.2) is 0 Å². The van der Waals surface area contributed by atoms with E-state index in [9.17, 15) is 5.11 Å². The number of anilines is 1. The van der Waals surface area contributed by atoms with Crippen molar-refractivity contribution in [1.82, 2.24) is 5.32 Å². The molecule has 2 rings (SSSR count). The lowest BCUT2D eigenvalue weighted by Crippen LogP contribution is -2.28. The maximum atomic E-state index is 9.93. The maximum absolute atomic E-state index is 9.93. The smallest absolute Gasteiger partial charge is 0.171 e. The molecule has 0 bridgehead atoms. The Morgan fingerprint density at radius 3 is 2.43 bits per heavy atom. The molecule has 3 nitrogen and oxygen atoms in total. The van der Waals surface area contributed by atoms with Gasteiger partial charge in [0.15, 0.2) is 5.11 Å². The summed E-state index contributed by atoms with van der Waals surface area (Å²) < 4.78 is 0. The van der Waals surface area contributed by atoms with Crippen LogP contribution in [-0.2, 0) is 6.54 Å². The van der Waals surface area contributed by atoms with Gasteiger partial charge in [-0.3, -0.25) is 0 Å². The van der Waals surface area contributed by atoms with Crippen LogP contribution in [0.4, 0.5) is 5.69 Å². The van der Waals surface area contributed by atoms with Crippen molar-refractivity contribution in [2.75, 3.05) is 5.32 Å². The Morgan fingerprint density at radius 2 is 1.76 bits per heavy atom. The third-order valence-corrected chi connectivity index (χ3v) is 4.06. The molecule has 0 aliphatic heterocycles. The van der Waals surface area contributed by atoms with Crippen molar-refractivity contribution in [3.63, 3.8) is 0 Å². The molecule has 21 heavy (non-hydrogen) atoms. The number of hydrogen-bond donors (Lipinski definition) is 3. The van der Waals surface area contributed by atoms with E-state index >= 15 is 0 Å². The highest BCUT2D eigenvalue weighted by Gasteiger charge is 2.14. The highest BCUT2D eigenvalue weighted by Crippen LogP contribution is 2.38. The summed E-state index contributed by atoms with van der Waals surface area (Å²) >= 11 is 23.0. The van der Waals surface area contributed by atoms with Gasteiger partial charge in [-0.15, -0.1) is 0 Å². The zero-order valence-electron chi connectivity index (χ0n) is 10.7. The Bertz CT molecular complexity index is 639. The fraction of sp³-hybridized carbons (Fsp3) is 0.0714. The third-order valence-electron chi connectivity index (χ3n) is 2.70. The van der Waals surface area contributed by atoms with E-state index in [2.05, 4.69) is 10.6 Å². The van der Waals surface area contributed by atoms with Gasteiger partial charge in [0, 0.05) is 17.8 Å². The molecule has 0 aliphatic rings. The minimum absolute atomic E-state index is 0.110. The second-order valence-corrected chi connectivity index (χ2v) is 5.76. The van der Waals surface area contributed by atoms with Crippen LogP contribution in [0.25, 0.3) is 0 Å². The molecule has 0 radical (unpaired) electrons. The predicted molar refractivity (Wildman–Crippen MR) is 92.6 cm³/mol. The Morgan fingerprint density at radius 1 is 1.10 bits per heavy atom. The third kappa shape index (κ3) is 4.14. The van der Waals surface area contributed by atoms with E-state index in [-0.39, 0.29) is 27.4 Å². The van der Waals surface area contributed by atoms with E-state index in [0.29, 0.717) is 10.7 Å². The molecule has 0 saturated heterocycles. The number of halogens is 3. The van der Waals surface area contributed by atoms with Crippen molar-refractivity contribution in [1.29, 1.82) is 0 Å². The molecule has 110 valence electrons. The van der Waals surface area contributed by atoms with E-state index in [4.69, 9.17) is 47.0 Å². The van der Waals surface area contributed by atoms with E-state index in [0.717, 1.165) is 5.69 Å². The summed E-state index contributed by atoms with van der Waals surface area (Å²) in [6.07, 6.45) is 0. The largest absolute Gasteiger partial charge is 0.506 e. The SMILES string of the molecule is Oc1c(Cl)cc(Cl)c(Cl)c1CNC(=S)Nc1ccccc1. The van der Waals surface area contributed by atoms with E-state index in [1.807, 2.05) is 30.3 Å². The van der Waals surface area contributed by atoms with Gasteiger partial charge in [0.05, 0.1) is 15.1 Å². The monoisotopic (exact) mass is 360 g/mol. The fourth-order valence-electron chi connectivity index (χ4n) is 1.66. The van der Waals surface area contributed by atoms with Crippen molar-refractivity contribution in [2.45, 2.75) is 6.54 Å². The van der Waals surface area contributed by atoms with Crippen LogP contribution in [-0.4, -0.2) is 10.2 Å². The molecule has 0 atom stereocenters. The normalized spacial score (nSPS) is 10.2. The number of phenols is 1. The molecule has 0 unspecified atom stereocenters. The average Bonchev–Trinajstić information content (AvgIpc) is 2.46. The molecular formula is C14H11Cl3N2OS. The van der Waals surface area contributed by atoms with Gasteiger partial charge in [-0.05, 0) is 30.4 Å². The number of phenolic OH excluding ortho intramolecular Hbond substituents is 1. The lowest BCUT2D eigenvalue weighted by molar-refractivity contribution is 0.467. The van der Waals surface area contributed by atoms with Gasteiger partial charge in [-0.1, -0.05) is 53.0 Å². The van der Waals surface area contributed by atoms with Crippen LogP contribution in [0.5, 0.6) is 5.75 Å². The number of nitrogens with one attached hydrogen (secondary N) is 2. The summed E-state index contributed by atoms with van der Waals surface area (Å²) in [5, 5.41) is 16.9. The number of benzene rings is 2. The summed E-state index contributed by atoms with van der Waals surface area (Å²) in [4.78, 5) is 0. The molecule has 0 heterocycles. The second-order valence-electron chi connectivity index (χ2n) is 4.16. The van der Waals surface area contributed by atoms with Crippen LogP contribution in [0.1, 0.15) is 5.56 Å². The number of thiocarbonyl (C=S) groups is 1. The molecule has 2 aromatic rings. The van der Waals surface area contributed by atoms with Crippen LogP contribution >= 0.6 is 47.0 Å². The first-order valence-electron chi connectivity index (χ1n) is 5.94. The molecule has 0 spiro atoms. The number of aromatic hydroxyl groups is 1. The summed E-state index contributed by atoms with van der Waals surface area (Å²) in [5.41, 5.74) is 1.25. The van der Waals surface area contributed by atoms with Gasteiger partial charge in [-0.2, -0.15) is 0 Å². The number of hydrogen-bond acceptors (Lipinski definition) is 2. The first kappa shape index (κ1) is 16.2. The van der Waals surface area contributed by atoms with Crippen LogP contribution in [0.15, 0.2) is 36.4 Å². The standard InChI is InChI=1S/C14H11Cl3N2OS/c15-10-6-11(16)13(20)9(12(10)17)7-18-14(21)19-8-4-2-1-3-5-8/h1-6,20H,7H2,(H2,18,19,21). The van der Waals surface area contributed by atoms with E-state index in [1.165, 1.54) is 6.07 Å². The van der Waals surface area contributed by atoms with Gasteiger partial charge in [0.2, 0.25) is 0 Å². The van der Waals surface area contributed by atoms with Crippen molar-refractivity contribution in [3.05, 3.63) is 57.0 Å². The van der Waals surface area contributed by atoms with Crippen LogP contribution in [0.2, 0.25) is 15.1 Å². The first-order chi connectivity index (χ1) is 9.99. The molecule has 3 N–H and O–H groups in total. The summed E-state index contributed by atoms with van der Waals surface area (Å²) in [6, 6.07) is 10.9. The quantitative estimate of drug-likeness (QED) is 0.541. The summed E-state index contributed by atoms with van der Waals surface area (Å²) in [5.74, 6) is -0.110. The minimum atomic E-state index is -0.110. The topological polar surface area (TPSA) is 44.3 Å². The van der Waals surface area contributed by atoms with Crippen LogP contribution < -0.4 is 10.6 Å². The Labute approximate surface area is 142 Å². The molecule has 0 amide bonds. The van der Waals surface area contributed by atoms with Crippen LogP contribution in [0, 0.1) is 0 Å². The number of rotatable bonds is 3. The molecular weight excluding hydrogens is 351 g/mol.